The second-order valence-corrected chi connectivity index (χ2v) is 11.9. The summed E-state index contributed by atoms with van der Waals surface area (Å²) in [6.07, 6.45) is 0. The van der Waals surface area contributed by atoms with Crippen LogP contribution in [0.25, 0.3) is 0 Å². The summed E-state index contributed by atoms with van der Waals surface area (Å²) in [5.74, 6) is -0.395. The number of nitrogens with one attached hydrogen (secondary N) is 2. The number of aliphatic hydroxyl groups is 2. The first-order valence-corrected chi connectivity index (χ1v) is 14.0. The maximum atomic E-state index is 13.7. The average Bonchev–Trinajstić information content (AvgIpc) is 3.30. The number of benzene rings is 2. The maximum Gasteiger partial charge on any atom is 0.256 e. The molecule has 3 atom stereocenters. The second kappa shape index (κ2) is 10.3. The number of phenolic OH excluding ortho intramolecular Hbond substituents is 2. The molecule has 226 valence electrons. The highest BCUT2D eigenvalue weighted by Gasteiger charge is 2.66. The van der Waals surface area contributed by atoms with Crippen LogP contribution in [0.15, 0.2) is 42.8 Å². The lowest BCUT2D eigenvalue weighted by Crippen LogP contribution is -2.81. The first-order valence-electron chi connectivity index (χ1n) is 14.0. The molecule has 1 amide bonds. The minimum Gasteiger partial charge on any atom is -0.507 e. The molecule has 5 rings (SSSR count). The Morgan fingerprint density at radius 2 is 1.71 bits per heavy atom. The van der Waals surface area contributed by atoms with Crippen LogP contribution in [0, 0.1) is 13.8 Å². The number of amides is 1. The molecule has 3 unspecified atom stereocenters. The molecule has 3 aliphatic heterocycles. The molecule has 2 aromatic carbocycles. The Kier molecular flexibility index (Phi) is 7.31. The van der Waals surface area contributed by atoms with E-state index in [0.29, 0.717) is 47.7 Å². The Morgan fingerprint density at radius 1 is 1.05 bits per heavy atom. The van der Waals surface area contributed by atoms with E-state index < -0.39 is 22.8 Å². The van der Waals surface area contributed by atoms with Crippen molar-refractivity contribution in [3.63, 3.8) is 0 Å². The van der Waals surface area contributed by atoms with Gasteiger partial charge in [0.1, 0.15) is 22.7 Å². The summed E-state index contributed by atoms with van der Waals surface area (Å²) in [6.45, 7) is 17.6. The van der Waals surface area contributed by atoms with Gasteiger partial charge in [-0.25, -0.2) is 0 Å². The number of fused-ring (bicyclic) bond motifs is 1. The molecule has 0 radical (unpaired) electrons. The fraction of sp³-hybridized carbons (Fsp3) is 0.452. The number of piperidine rings is 1. The highest BCUT2D eigenvalue weighted by atomic mass is 16.5. The topological polar surface area (TPSA) is 164 Å². The smallest absolute Gasteiger partial charge is 0.256 e. The number of rotatable bonds is 6. The van der Waals surface area contributed by atoms with Gasteiger partial charge in [0.2, 0.25) is 0 Å². The summed E-state index contributed by atoms with van der Waals surface area (Å²) >= 11 is 0. The number of hydrogen-bond donors (Lipinski definition) is 7. The fourth-order valence-electron chi connectivity index (χ4n) is 6.20. The number of carbonyl (C=O) groups excluding carboxylic acids is 1. The predicted molar refractivity (Wildman–Crippen MR) is 159 cm³/mol. The second-order valence-electron chi connectivity index (χ2n) is 11.9. The zero-order valence-corrected chi connectivity index (χ0v) is 24.7. The lowest BCUT2D eigenvalue weighted by molar-refractivity contribution is -0.185. The summed E-state index contributed by atoms with van der Waals surface area (Å²) in [7, 11) is 0. The fourth-order valence-corrected chi connectivity index (χ4v) is 6.20. The van der Waals surface area contributed by atoms with Gasteiger partial charge in [-0.05, 0) is 51.0 Å². The summed E-state index contributed by atoms with van der Waals surface area (Å²) in [6, 6.07) is 5.19. The summed E-state index contributed by atoms with van der Waals surface area (Å²) in [5, 5.41) is 51.2. The van der Waals surface area contributed by atoms with Crippen LogP contribution in [0.1, 0.15) is 52.0 Å². The lowest BCUT2D eigenvalue weighted by Gasteiger charge is -2.58. The molecule has 0 bridgehead atoms. The van der Waals surface area contributed by atoms with E-state index in [0.717, 1.165) is 24.2 Å². The van der Waals surface area contributed by atoms with Gasteiger partial charge < -0.3 is 46.4 Å². The first kappa shape index (κ1) is 29.9. The van der Waals surface area contributed by atoms with Crippen LogP contribution in [0.2, 0.25) is 0 Å². The quantitative estimate of drug-likeness (QED) is 0.269. The number of ether oxygens (including phenoxy) is 1. The van der Waals surface area contributed by atoms with E-state index in [9.17, 15) is 25.2 Å². The SMILES string of the molecule is C=C1NC(=C)C(N)(N2Cc3c(NCc4c(O)c(C)c(C)c(CN5CCOCC5)c4O)cccc3C2=O)C(C)(O)C1(C)O. The number of aromatic hydroxyl groups is 2. The van der Waals surface area contributed by atoms with E-state index in [1.807, 2.05) is 13.8 Å². The molecule has 3 heterocycles. The number of nitrogens with zero attached hydrogens (tertiary/aromatic N) is 2. The van der Waals surface area contributed by atoms with Crippen LogP contribution in [0.5, 0.6) is 11.5 Å². The van der Waals surface area contributed by atoms with Gasteiger partial charge in [-0.1, -0.05) is 19.2 Å². The van der Waals surface area contributed by atoms with Crippen molar-refractivity contribution in [3.05, 3.63) is 76.1 Å². The van der Waals surface area contributed by atoms with Crippen LogP contribution in [0.4, 0.5) is 5.69 Å². The molecule has 42 heavy (non-hydrogen) atoms. The third-order valence-electron chi connectivity index (χ3n) is 9.60. The van der Waals surface area contributed by atoms with E-state index in [4.69, 9.17) is 10.5 Å². The maximum absolute atomic E-state index is 13.7. The Bertz CT molecular complexity index is 1480. The van der Waals surface area contributed by atoms with Crippen molar-refractivity contribution in [3.8, 4) is 11.5 Å². The van der Waals surface area contributed by atoms with Crippen molar-refractivity contribution >= 4 is 11.6 Å². The van der Waals surface area contributed by atoms with Crippen molar-refractivity contribution < 1.29 is 30.0 Å². The van der Waals surface area contributed by atoms with E-state index in [1.165, 1.54) is 18.7 Å². The highest BCUT2D eigenvalue weighted by Crippen LogP contribution is 2.47. The monoisotopic (exact) mass is 579 g/mol. The molecule has 11 heteroatoms. The number of nitrogens with two attached hydrogens (primary N) is 1. The van der Waals surface area contributed by atoms with E-state index in [1.54, 1.807) is 18.2 Å². The van der Waals surface area contributed by atoms with Crippen molar-refractivity contribution in [2.24, 2.45) is 5.73 Å². The van der Waals surface area contributed by atoms with Gasteiger partial charge >= 0.3 is 0 Å². The van der Waals surface area contributed by atoms with Gasteiger partial charge in [0, 0.05) is 54.3 Å². The van der Waals surface area contributed by atoms with E-state index >= 15 is 0 Å². The van der Waals surface area contributed by atoms with Crippen molar-refractivity contribution in [1.82, 2.24) is 15.1 Å². The van der Waals surface area contributed by atoms with Gasteiger partial charge in [0.05, 0.1) is 31.0 Å². The normalized spacial score (nSPS) is 28.2. The molecule has 0 spiro atoms. The summed E-state index contributed by atoms with van der Waals surface area (Å²) in [5.41, 5.74) is 5.44. The van der Waals surface area contributed by atoms with Gasteiger partial charge in [-0.15, -0.1) is 0 Å². The van der Waals surface area contributed by atoms with Gasteiger partial charge in [0.15, 0.2) is 5.66 Å². The lowest BCUT2D eigenvalue weighted by atomic mass is 9.69. The molecular weight excluding hydrogens is 538 g/mol. The Morgan fingerprint density at radius 3 is 2.38 bits per heavy atom. The number of phenols is 2. The molecule has 0 aromatic heterocycles. The molecule has 0 saturated carbocycles. The minimum atomic E-state index is -2.04. The first-order chi connectivity index (χ1) is 19.6. The number of anilines is 1. The van der Waals surface area contributed by atoms with E-state index in [-0.39, 0.29) is 36.0 Å². The molecular formula is C31H41N5O6. The molecule has 0 aliphatic carbocycles. The van der Waals surface area contributed by atoms with Crippen molar-refractivity contribution in [1.29, 1.82) is 0 Å². The third kappa shape index (κ3) is 4.26. The largest absolute Gasteiger partial charge is 0.507 e. The van der Waals surface area contributed by atoms with Crippen LogP contribution in [0.3, 0.4) is 0 Å². The number of carbonyl (C=O) groups is 1. The zero-order valence-electron chi connectivity index (χ0n) is 24.7. The van der Waals surface area contributed by atoms with Crippen LogP contribution in [-0.2, 0) is 24.4 Å². The standard InChI is InChI=1S/C31H41N5O6/c1-17-18(2)26(37)22(27(38)23(17)15-35-10-12-42-13-11-35)14-33-25-9-7-8-21-24(25)16-36(28(21)39)31(32)20(4)34-19(3)29(5,40)30(31,6)41/h7-9,33-34,37-38,40-41H,3-4,10-16,32H2,1-2,5-6H3. The Labute approximate surface area is 245 Å². The highest BCUT2D eigenvalue weighted by molar-refractivity contribution is 6.01. The molecule has 3 aliphatic rings. The number of hydrogen-bond acceptors (Lipinski definition) is 10. The Hall–Kier alpha value is -3.61. The molecule has 2 saturated heterocycles. The minimum absolute atomic E-state index is 0.0116. The zero-order chi connectivity index (χ0) is 30.8. The van der Waals surface area contributed by atoms with E-state index in [2.05, 4.69) is 28.7 Å². The van der Waals surface area contributed by atoms with Gasteiger partial charge in [-0.2, -0.15) is 0 Å². The summed E-state index contributed by atoms with van der Waals surface area (Å²) in [4.78, 5) is 17.2. The number of morpholine rings is 1. The van der Waals surface area contributed by atoms with Crippen LogP contribution in [-0.4, -0.2) is 79.3 Å². The van der Waals surface area contributed by atoms with Crippen molar-refractivity contribution in [2.45, 2.75) is 64.2 Å². The Balaban J connectivity index is 1.45. The van der Waals surface area contributed by atoms with Crippen molar-refractivity contribution in [2.75, 3.05) is 31.6 Å². The average molecular weight is 580 g/mol. The molecule has 8 N–H and O–H groups in total. The van der Waals surface area contributed by atoms with Crippen LogP contribution < -0.4 is 16.4 Å². The summed E-state index contributed by atoms with van der Waals surface area (Å²) < 4.78 is 5.45. The molecule has 2 aromatic rings. The molecule has 2 fully saturated rings. The third-order valence-corrected chi connectivity index (χ3v) is 9.60. The van der Waals surface area contributed by atoms with Gasteiger partial charge in [-0.3, -0.25) is 9.69 Å². The van der Waals surface area contributed by atoms with Crippen LogP contribution >= 0.6 is 0 Å². The molecule has 11 nitrogen and oxygen atoms in total. The predicted octanol–water partition coefficient (Wildman–Crippen LogP) is 1.90. The van der Waals surface area contributed by atoms with Gasteiger partial charge in [0.25, 0.3) is 5.91 Å².